The van der Waals surface area contributed by atoms with E-state index in [1.807, 2.05) is 0 Å². The van der Waals surface area contributed by atoms with Crippen LogP contribution in [-0.2, 0) is 0 Å². The summed E-state index contributed by atoms with van der Waals surface area (Å²) < 4.78 is 0. The molecular weight excluding hydrogens is 258 g/mol. The highest BCUT2D eigenvalue weighted by molar-refractivity contribution is 5.84. The van der Waals surface area contributed by atoms with E-state index in [9.17, 15) is 15.2 Å². The molecule has 0 aliphatic heterocycles. The molecule has 1 aromatic rings. The van der Waals surface area contributed by atoms with Crippen molar-refractivity contribution in [1.82, 2.24) is 5.43 Å². The first-order valence-corrected chi connectivity index (χ1v) is 6.88. The second-order valence-electron chi connectivity index (χ2n) is 5.10. The van der Waals surface area contributed by atoms with Crippen LogP contribution in [0.3, 0.4) is 0 Å². The summed E-state index contributed by atoms with van der Waals surface area (Å²) in [4.78, 5) is 10.1. The summed E-state index contributed by atoms with van der Waals surface area (Å²) in [5, 5.41) is 26.2. The third-order valence-electron chi connectivity index (χ3n) is 3.60. The lowest BCUT2D eigenvalue weighted by molar-refractivity contribution is -0.385. The van der Waals surface area contributed by atoms with Crippen molar-refractivity contribution in [2.45, 2.75) is 32.1 Å². The summed E-state index contributed by atoms with van der Waals surface area (Å²) in [6.45, 7) is 0.791. The molecule has 0 spiro atoms. The van der Waals surface area contributed by atoms with E-state index in [2.05, 4.69) is 10.5 Å². The summed E-state index contributed by atoms with van der Waals surface area (Å²) in [7, 11) is 0. The van der Waals surface area contributed by atoms with Gasteiger partial charge in [0.2, 0.25) is 0 Å². The molecule has 0 saturated heterocycles. The Morgan fingerprint density at radius 1 is 1.35 bits per heavy atom. The number of nitrogens with zero attached hydrogens (tertiary/aromatic N) is 2. The van der Waals surface area contributed by atoms with Crippen molar-refractivity contribution in [2.75, 3.05) is 6.54 Å². The predicted molar refractivity (Wildman–Crippen MR) is 74.7 cm³/mol. The van der Waals surface area contributed by atoms with Gasteiger partial charge in [0.25, 0.3) is 5.69 Å². The van der Waals surface area contributed by atoms with Crippen molar-refractivity contribution in [3.05, 3.63) is 33.9 Å². The van der Waals surface area contributed by atoms with Gasteiger partial charge in [0.1, 0.15) is 0 Å². The normalized spacial score (nSPS) is 16.4. The van der Waals surface area contributed by atoms with Crippen LogP contribution < -0.4 is 10.5 Å². The average molecular weight is 276 g/mol. The first-order chi connectivity index (χ1) is 9.66. The zero-order chi connectivity index (χ0) is 14.4. The zero-order valence-corrected chi connectivity index (χ0v) is 11.2. The van der Waals surface area contributed by atoms with Gasteiger partial charge in [-0.25, -0.2) is 0 Å². The van der Waals surface area contributed by atoms with Gasteiger partial charge in [0, 0.05) is 18.7 Å². The van der Waals surface area contributed by atoms with E-state index in [1.165, 1.54) is 56.5 Å². The van der Waals surface area contributed by atoms with Crippen LogP contribution in [-0.4, -0.2) is 17.7 Å². The van der Waals surface area contributed by atoms with E-state index in [4.69, 9.17) is 0 Å². The Labute approximate surface area is 117 Å². The van der Waals surface area contributed by atoms with Crippen molar-refractivity contribution >= 4 is 11.9 Å². The monoisotopic (exact) mass is 276 g/mol. The van der Waals surface area contributed by atoms with Gasteiger partial charge < -0.3 is 10.5 Å². The van der Waals surface area contributed by atoms with Crippen molar-refractivity contribution < 1.29 is 10.0 Å². The molecule has 0 heterocycles. The zero-order valence-electron chi connectivity index (χ0n) is 11.2. The van der Waals surface area contributed by atoms with Crippen LogP contribution in [0.4, 0.5) is 5.69 Å². The largest absolute Gasteiger partial charge is 0.872 e. The first kappa shape index (κ1) is 14.3. The molecule has 0 radical (unpaired) electrons. The fourth-order valence-corrected chi connectivity index (χ4v) is 2.44. The fraction of sp³-hybridized carbons (Fsp3) is 0.500. The number of nitrogens with one attached hydrogen (secondary N) is 1. The minimum Gasteiger partial charge on any atom is -0.872 e. The summed E-state index contributed by atoms with van der Waals surface area (Å²) in [6, 6.07) is 3.64. The average Bonchev–Trinajstić information content (AvgIpc) is 2.46. The van der Waals surface area contributed by atoms with E-state index in [-0.39, 0.29) is 17.0 Å². The predicted octanol–water partition coefficient (Wildman–Crippen LogP) is 2.17. The quantitative estimate of drug-likeness (QED) is 0.507. The van der Waals surface area contributed by atoms with Gasteiger partial charge in [0.15, 0.2) is 0 Å². The Balaban J connectivity index is 1.90. The highest BCUT2D eigenvalue weighted by Gasteiger charge is 2.12. The van der Waals surface area contributed by atoms with Gasteiger partial charge in [-0.1, -0.05) is 31.1 Å². The maximum Gasteiger partial charge on any atom is 0.270 e. The van der Waals surface area contributed by atoms with E-state index in [0.29, 0.717) is 5.92 Å². The molecule has 1 aliphatic rings. The third-order valence-corrected chi connectivity index (χ3v) is 3.60. The molecule has 0 aromatic heterocycles. The maximum atomic E-state index is 11.5. The summed E-state index contributed by atoms with van der Waals surface area (Å²) in [5.74, 6) is 0.372. The molecule has 1 aromatic carbocycles. The van der Waals surface area contributed by atoms with Crippen LogP contribution in [0.2, 0.25) is 0 Å². The Morgan fingerprint density at radius 3 is 2.80 bits per heavy atom. The van der Waals surface area contributed by atoms with Crippen LogP contribution in [0.15, 0.2) is 23.3 Å². The van der Waals surface area contributed by atoms with E-state index >= 15 is 0 Å². The molecule has 1 saturated carbocycles. The number of benzene rings is 1. The number of hydrogen-bond acceptors (Lipinski definition) is 5. The molecule has 1 fully saturated rings. The second kappa shape index (κ2) is 6.88. The third kappa shape index (κ3) is 3.94. The number of nitro benzene ring substituents is 1. The highest BCUT2D eigenvalue weighted by atomic mass is 16.6. The van der Waals surface area contributed by atoms with Crippen molar-refractivity contribution in [2.24, 2.45) is 11.0 Å². The Kier molecular flexibility index (Phi) is 4.92. The molecule has 108 valence electrons. The molecule has 2 rings (SSSR count). The van der Waals surface area contributed by atoms with E-state index in [1.54, 1.807) is 0 Å². The van der Waals surface area contributed by atoms with Gasteiger partial charge >= 0.3 is 0 Å². The first-order valence-electron chi connectivity index (χ1n) is 6.88. The summed E-state index contributed by atoms with van der Waals surface area (Å²) in [6.07, 6.45) is 7.64. The van der Waals surface area contributed by atoms with Gasteiger partial charge in [0.05, 0.1) is 11.1 Å². The van der Waals surface area contributed by atoms with E-state index in [0.717, 1.165) is 6.54 Å². The molecular formula is C14H18N3O3-. The molecule has 20 heavy (non-hydrogen) atoms. The van der Waals surface area contributed by atoms with Crippen LogP contribution >= 0.6 is 0 Å². The van der Waals surface area contributed by atoms with Gasteiger partial charge in [-0.3, -0.25) is 10.1 Å². The van der Waals surface area contributed by atoms with Crippen LogP contribution in [0.1, 0.15) is 37.7 Å². The van der Waals surface area contributed by atoms with Crippen LogP contribution in [0.25, 0.3) is 0 Å². The topological polar surface area (TPSA) is 90.6 Å². The van der Waals surface area contributed by atoms with Crippen LogP contribution in [0, 0.1) is 16.0 Å². The smallest absolute Gasteiger partial charge is 0.270 e. The molecule has 1 aliphatic carbocycles. The van der Waals surface area contributed by atoms with Crippen molar-refractivity contribution in [3.63, 3.8) is 0 Å². The Morgan fingerprint density at radius 2 is 2.10 bits per heavy atom. The lowest BCUT2D eigenvalue weighted by atomic mass is 9.89. The van der Waals surface area contributed by atoms with Gasteiger partial charge in [-0.2, -0.15) is 5.10 Å². The molecule has 0 bridgehead atoms. The van der Waals surface area contributed by atoms with Crippen molar-refractivity contribution in [1.29, 1.82) is 0 Å². The molecule has 0 atom stereocenters. The maximum absolute atomic E-state index is 11.5. The second-order valence-corrected chi connectivity index (χ2v) is 5.10. The molecule has 6 heteroatoms. The van der Waals surface area contributed by atoms with Gasteiger partial charge in [-0.15, -0.1) is 0 Å². The number of hydrogen-bond donors (Lipinski definition) is 1. The molecule has 1 N–H and O–H groups in total. The minimum absolute atomic E-state index is 0.0988. The summed E-state index contributed by atoms with van der Waals surface area (Å²) in [5.41, 5.74) is 3.07. The van der Waals surface area contributed by atoms with Crippen LogP contribution in [0.5, 0.6) is 5.75 Å². The fourth-order valence-electron chi connectivity index (χ4n) is 2.44. The van der Waals surface area contributed by atoms with Crippen molar-refractivity contribution in [3.8, 4) is 5.75 Å². The van der Waals surface area contributed by atoms with E-state index < -0.39 is 4.92 Å². The van der Waals surface area contributed by atoms with Gasteiger partial charge in [-0.05, 0) is 24.3 Å². The SMILES string of the molecule is O=[N+]([O-])c1ccc([O-])c(/C=N\NCC2CCCCC2)c1. The Bertz CT molecular complexity index is 496. The lowest BCUT2D eigenvalue weighted by Gasteiger charge is -2.20. The lowest BCUT2D eigenvalue weighted by Crippen LogP contribution is -2.20. The Hall–Kier alpha value is -2.11. The number of non-ortho nitro benzene ring substituents is 1. The summed E-state index contributed by atoms with van der Waals surface area (Å²) >= 11 is 0. The number of rotatable bonds is 5. The minimum atomic E-state index is -0.522. The molecule has 0 amide bonds. The highest BCUT2D eigenvalue weighted by Crippen LogP contribution is 2.22. The standard InChI is InChI=1S/C14H19N3O3/c18-14-7-6-13(17(19)20)8-12(14)10-16-15-9-11-4-2-1-3-5-11/h6-8,10-11,15,18H,1-5,9H2/p-1/b16-10-. The molecule has 6 nitrogen and oxygen atoms in total. The molecule has 0 unspecified atom stereocenters. The number of hydrazone groups is 1. The number of nitro groups is 1.